The number of ether oxygens (including phenoxy) is 1. The number of carbonyl (C=O) groups excluding carboxylic acids is 1. The van der Waals surface area contributed by atoms with Gasteiger partial charge in [0.05, 0.1) is 6.04 Å². The molecule has 3 atom stereocenters. The van der Waals surface area contributed by atoms with E-state index in [4.69, 9.17) is 4.74 Å². The van der Waals surface area contributed by atoms with E-state index in [1.54, 1.807) is 0 Å². The smallest absolute Gasteiger partial charge is 0.261 e. The third-order valence-corrected chi connectivity index (χ3v) is 6.80. The summed E-state index contributed by atoms with van der Waals surface area (Å²) in [4.78, 5) is 15.3. The summed E-state index contributed by atoms with van der Waals surface area (Å²) in [5.41, 5.74) is 5.04. The number of piperidine rings is 1. The molecule has 0 bridgehead atoms. The topological polar surface area (TPSA) is 41.6 Å². The number of hydrogen-bond acceptors (Lipinski definition) is 3. The van der Waals surface area contributed by atoms with Gasteiger partial charge in [-0.3, -0.25) is 4.79 Å². The van der Waals surface area contributed by atoms with Crippen molar-refractivity contribution in [2.45, 2.75) is 71.4 Å². The first kappa shape index (κ1) is 21.7. The number of anilines is 1. The fourth-order valence-electron chi connectivity index (χ4n) is 4.91. The highest BCUT2D eigenvalue weighted by molar-refractivity contribution is 5.81. The van der Waals surface area contributed by atoms with Gasteiger partial charge in [0.25, 0.3) is 5.91 Å². The number of benzene rings is 2. The largest absolute Gasteiger partial charge is 0.481 e. The average Bonchev–Trinajstić information content (AvgIpc) is 2.79. The Morgan fingerprint density at radius 1 is 1.06 bits per heavy atom. The van der Waals surface area contributed by atoms with Crippen molar-refractivity contribution in [1.29, 1.82) is 0 Å². The fourth-order valence-corrected chi connectivity index (χ4v) is 4.91. The second-order valence-corrected chi connectivity index (χ2v) is 9.38. The van der Waals surface area contributed by atoms with Gasteiger partial charge >= 0.3 is 0 Å². The molecule has 0 saturated carbocycles. The summed E-state index contributed by atoms with van der Waals surface area (Å²) in [6.45, 7) is 8.46. The van der Waals surface area contributed by atoms with E-state index in [0.717, 1.165) is 43.2 Å². The summed E-state index contributed by atoms with van der Waals surface area (Å²) < 4.78 is 6.10. The number of rotatable bonds is 6. The molecule has 1 N–H and O–H groups in total. The van der Waals surface area contributed by atoms with Gasteiger partial charge in [-0.2, -0.15) is 0 Å². The predicted octanol–water partition coefficient (Wildman–Crippen LogP) is 5.45. The Balaban J connectivity index is 1.35. The Bertz CT molecular complexity index is 893. The standard InChI is InChI=1S/C27H36N2O2/c1-19-8-7-17-29(18-19)24-15-13-22(14-16-24)20(2)28-27(30)21(3)31-26-12-6-10-23-9-4-5-11-25(23)26/h6,10,12-16,19-21H,4-5,7-9,11,17-18H2,1-3H3,(H,28,30). The lowest BCUT2D eigenvalue weighted by atomic mass is 9.91. The van der Waals surface area contributed by atoms with Gasteiger partial charge in [0.1, 0.15) is 5.75 Å². The minimum absolute atomic E-state index is 0.0578. The van der Waals surface area contributed by atoms with Crippen LogP contribution in [0.2, 0.25) is 0 Å². The van der Waals surface area contributed by atoms with E-state index in [0.29, 0.717) is 0 Å². The molecule has 4 heteroatoms. The maximum absolute atomic E-state index is 12.8. The summed E-state index contributed by atoms with van der Waals surface area (Å²) in [5, 5.41) is 3.12. The van der Waals surface area contributed by atoms with Crippen LogP contribution >= 0.6 is 0 Å². The van der Waals surface area contributed by atoms with Gasteiger partial charge in [-0.1, -0.05) is 31.2 Å². The van der Waals surface area contributed by atoms with E-state index >= 15 is 0 Å². The van der Waals surface area contributed by atoms with Crippen LogP contribution in [0.1, 0.15) is 69.2 Å². The van der Waals surface area contributed by atoms with Crippen LogP contribution in [0, 0.1) is 5.92 Å². The van der Waals surface area contributed by atoms with Gasteiger partial charge in [0.15, 0.2) is 6.10 Å². The lowest BCUT2D eigenvalue weighted by Gasteiger charge is -2.33. The van der Waals surface area contributed by atoms with Crippen molar-refractivity contribution in [2.24, 2.45) is 5.92 Å². The average molecular weight is 421 g/mol. The molecule has 1 aliphatic carbocycles. The number of nitrogens with one attached hydrogen (secondary N) is 1. The van der Waals surface area contributed by atoms with Gasteiger partial charge < -0.3 is 15.0 Å². The molecule has 2 aliphatic rings. The Morgan fingerprint density at radius 2 is 1.84 bits per heavy atom. The molecule has 31 heavy (non-hydrogen) atoms. The molecule has 0 radical (unpaired) electrons. The summed E-state index contributed by atoms with van der Waals surface area (Å²) in [5.74, 6) is 1.55. The molecule has 0 aromatic heterocycles. The van der Waals surface area contributed by atoms with Crippen LogP contribution in [-0.2, 0) is 17.6 Å². The van der Waals surface area contributed by atoms with Crippen LogP contribution in [0.3, 0.4) is 0 Å². The van der Waals surface area contributed by atoms with Gasteiger partial charge in [-0.25, -0.2) is 0 Å². The highest BCUT2D eigenvalue weighted by Crippen LogP contribution is 2.30. The molecule has 1 aliphatic heterocycles. The molecule has 1 fully saturated rings. The first-order valence-electron chi connectivity index (χ1n) is 11.9. The monoisotopic (exact) mass is 420 g/mol. The van der Waals surface area contributed by atoms with E-state index in [-0.39, 0.29) is 11.9 Å². The summed E-state index contributed by atoms with van der Waals surface area (Å²) >= 11 is 0. The van der Waals surface area contributed by atoms with Crippen LogP contribution in [0.4, 0.5) is 5.69 Å². The predicted molar refractivity (Wildman–Crippen MR) is 127 cm³/mol. The first-order valence-corrected chi connectivity index (χ1v) is 11.9. The maximum atomic E-state index is 12.8. The Morgan fingerprint density at radius 3 is 2.61 bits per heavy atom. The lowest BCUT2D eigenvalue weighted by molar-refractivity contribution is -0.127. The summed E-state index contributed by atoms with van der Waals surface area (Å²) in [6.07, 6.45) is 6.64. The molecule has 4 rings (SSSR count). The zero-order valence-electron chi connectivity index (χ0n) is 19.2. The van der Waals surface area contributed by atoms with Crippen molar-refractivity contribution >= 4 is 11.6 Å². The summed E-state index contributed by atoms with van der Waals surface area (Å²) in [7, 11) is 0. The van der Waals surface area contributed by atoms with Crippen LogP contribution in [0.15, 0.2) is 42.5 Å². The van der Waals surface area contributed by atoms with E-state index < -0.39 is 6.10 Å². The molecule has 1 amide bonds. The van der Waals surface area contributed by atoms with E-state index in [1.807, 2.05) is 26.0 Å². The van der Waals surface area contributed by atoms with Crippen LogP contribution in [-0.4, -0.2) is 25.1 Å². The highest BCUT2D eigenvalue weighted by atomic mass is 16.5. The minimum atomic E-state index is -0.523. The van der Waals surface area contributed by atoms with Crippen molar-refractivity contribution in [1.82, 2.24) is 5.32 Å². The molecule has 2 aromatic carbocycles. The Hall–Kier alpha value is -2.49. The second-order valence-electron chi connectivity index (χ2n) is 9.38. The molecule has 166 valence electrons. The van der Waals surface area contributed by atoms with Crippen molar-refractivity contribution < 1.29 is 9.53 Å². The normalized spacial score (nSPS) is 20.5. The quantitative estimate of drug-likeness (QED) is 0.676. The van der Waals surface area contributed by atoms with Crippen molar-refractivity contribution in [3.8, 4) is 5.75 Å². The van der Waals surface area contributed by atoms with Gasteiger partial charge in [0, 0.05) is 18.8 Å². The van der Waals surface area contributed by atoms with Gasteiger partial charge in [-0.05, 0) is 93.2 Å². The number of nitrogens with zero attached hydrogens (tertiary/aromatic N) is 1. The van der Waals surface area contributed by atoms with Gasteiger partial charge in [0.2, 0.25) is 0 Å². The van der Waals surface area contributed by atoms with E-state index in [2.05, 4.69) is 47.5 Å². The van der Waals surface area contributed by atoms with Crippen molar-refractivity contribution in [3.05, 3.63) is 59.2 Å². The zero-order chi connectivity index (χ0) is 21.8. The second kappa shape index (κ2) is 9.76. The molecule has 4 nitrogen and oxygen atoms in total. The van der Waals surface area contributed by atoms with Crippen LogP contribution in [0.5, 0.6) is 5.75 Å². The Kier molecular flexibility index (Phi) is 6.84. The van der Waals surface area contributed by atoms with E-state index in [1.165, 1.54) is 42.5 Å². The number of carbonyl (C=O) groups is 1. The van der Waals surface area contributed by atoms with E-state index in [9.17, 15) is 4.79 Å². The third-order valence-electron chi connectivity index (χ3n) is 6.80. The lowest BCUT2D eigenvalue weighted by Crippen LogP contribution is -2.38. The molecule has 0 spiro atoms. The molecular formula is C27H36N2O2. The minimum Gasteiger partial charge on any atom is -0.481 e. The number of hydrogen-bond donors (Lipinski definition) is 1. The van der Waals surface area contributed by atoms with Gasteiger partial charge in [-0.15, -0.1) is 0 Å². The van der Waals surface area contributed by atoms with Crippen LogP contribution in [0.25, 0.3) is 0 Å². The third kappa shape index (κ3) is 5.23. The Labute approximate surface area is 187 Å². The SMILES string of the molecule is CC1CCCN(c2ccc(C(C)NC(=O)C(C)Oc3cccc4c3CCCC4)cc2)C1. The molecule has 3 unspecified atom stereocenters. The maximum Gasteiger partial charge on any atom is 0.261 e. The number of fused-ring (bicyclic) bond motifs is 1. The van der Waals surface area contributed by atoms with Crippen molar-refractivity contribution in [2.75, 3.05) is 18.0 Å². The molecule has 1 saturated heterocycles. The van der Waals surface area contributed by atoms with Crippen LogP contribution < -0.4 is 15.0 Å². The summed E-state index contributed by atoms with van der Waals surface area (Å²) in [6, 6.07) is 14.8. The molecular weight excluding hydrogens is 384 g/mol. The molecule has 1 heterocycles. The highest BCUT2D eigenvalue weighted by Gasteiger charge is 2.21. The number of amides is 1. The molecule has 2 aromatic rings. The van der Waals surface area contributed by atoms with Crippen molar-refractivity contribution in [3.63, 3.8) is 0 Å². The first-order chi connectivity index (χ1) is 15.0. The zero-order valence-corrected chi connectivity index (χ0v) is 19.2. The fraction of sp³-hybridized carbons (Fsp3) is 0.519. The number of aryl methyl sites for hydroxylation is 1.